The lowest BCUT2D eigenvalue weighted by Gasteiger charge is -1.94. The van der Waals surface area contributed by atoms with Gasteiger partial charge in [-0.05, 0) is 19.1 Å². The summed E-state index contributed by atoms with van der Waals surface area (Å²) >= 11 is 1.47. The van der Waals surface area contributed by atoms with Crippen molar-refractivity contribution >= 4 is 23.3 Å². The maximum Gasteiger partial charge on any atom is 0.322 e. The molecule has 0 bridgehead atoms. The molecular formula is C14H10N6O3S. The van der Waals surface area contributed by atoms with Crippen LogP contribution in [0.4, 0.5) is 6.01 Å². The standard InChI is InChI=1S/C14H10N6O3S/c1-7-15-10(6-24-7)13-19-20-14(23-13)16-12(21)9-5-8(17-18-9)11-3-2-4-22-11/h2-6H,1H3,(H,17,18)(H,16,20,21). The van der Waals surface area contributed by atoms with E-state index in [0.29, 0.717) is 17.1 Å². The number of amides is 1. The van der Waals surface area contributed by atoms with Gasteiger partial charge in [0.1, 0.15) is 11.4 Å². The number of rotatable bonds is 4. The number of nitrogens with zero attached hydrogens (tertiary/aromatic N) is 4. The smallest absolute Gasteiger partial charge is 0.322 e. The van der Waals surface area contributed by atoms with E-state index in [4.69, 9.17) is 8.83 Å². The van der Waals surface area contributed by atoms with Crippen LogP contribution in [0.5, 0.6) is 0 Å². The predicted molar refractivity (Wildman–Crippen MR) is 84.4 cm³/mol. The third kappa shape index (κ3) is 2.70. The van der Waals surface area contributed by atoms with E-state index in [1.165, 1.54) is 17.6 Å². The molecule has 9 nitrogen and oxygen atoms in total. The number of H-pyrrole nitrogens is 1. The Kier molecular flexibility index (Phi) is 3.43. The van der Waals surface area contributed by atoms with Gasteiger partial charge in [-0.2, -0.15) is 5.10 Å². The van der Waals surface area contributed by atoms with Crippen molar-refractivity contribution in [3.05, 3.63) is 40.5 Å². The Morgan fingerprint density at radius 3 is 3.04 bits per heavy atom. The van der Waals surface area contributed by atoms with Crippen molar-refractivity contribution in [3.63, 3.8) is 0 Å². The minimum Gasteiger partial charge on any atom is -0.463 e. The molecule has 120 valence electrons. The molecule has 0 aliphatic rings. The zero-order valence-corrected chi connectivity index (χ0v) is 13.1. The first-order valence-electron chi connectivity index (χ1n) is 6.86. The van der Waals surface area contributed by atoms with E-state index in [1.54, 1.807) is 23.6 Å². The highest BCUT2D eigenvalue weighted by molar-refractivity contribution is 7.09. The van der Waals surface area contributed by atoms with Crippen molar-refractivity contribution < 1.29 is 13.6 Å². The molecule has 4 aromatic rings. The van der Waals surface area contributed by atoms with E-state index in [-0.39, 0.29) is 17.6 Å². The van der Waals surface area contributed by atoms with Crippen LogP contribution in [0.3, 0.4) is 0 Å². The van der Waals surface area contributed by atoms with Gasteiger partial charge in [0.25, 0.3) is 11.8 Å². The number of thiazole rings is 1. The zero-order valence-electron chi connectivity index (χ0n) is 12.3. The number of aryl methyl sites for hydroxylation is 1. The Balaban J connectivity index is 1.49. The second-order valence-corrected chi connectivity index (χ2v) is 5.82. The summed E-state index contributed by atoms with van der Waals surface area (Å²) in [5, 5.41) is 19.5. The molecule has 0 saturated carbocycles. The van der Waals surface area contributed by atoms with Crippen LogP contribution in [0.15, 0.2) is 38.7 Å². The van der Waals surface area contributed by atoms with Crippen LogP contribution in [-0.2, 0) is 0 Å². The Hall–Kier alpha value is -3.27. The molecule has 0 radical (unpaired) electrons. The SMILES string of the molecule is Cc1nc(-c2nnc(NC(=O)c3cc(-c4ccco4)[nH]n3)o2)cs1. The highest BCUT2D eigenvalue weighted by Gasteiger charge is 2.17. The predicted octanol–water partition coefficient (Wildman–Crippen LogP) is 2.74. The van der Waals surface area contributed by atoms with Gasteiger partial charge in [-0.25, -0.2) is 4.98 Å². The van der Waals surface area contributed by atoms with E-state index in [9.17, 15) is 4.79 Å². The topological polar surface area (TPSA) is 123 Å². The number of furan rings is 1. The first kappa shape index (κ1) is 14.3. The molecule has 0 unspecified atom stereocenters. The van der Waals surface area contributed by atoms with Crippen LogP contribution >= 0.6 is 11.3 Å². The lowest BCUT2D eigenvalue weighted by Crippen LogP contribution is -2.12. The number of anilines is 1. The summed E-state index contributed by atoms with van der Waals surface area (Å²) in [6.45, 7) is 1.88. The highest BCUT2D eigenvalue weighted by Crippen LogP contribution is 2.22. The van der Waals surface area contributed by atoms with Gasteiger partial charge >= 0.3 is 6.01 Å². The van der Waals surface area contributed by atoms with E-state index in [1.807, 2.05) is 6.92 Å². The minimum atomic E-state index is -0.478. The number of carbonyl (C=O) groups is 1. The minimum absolute atomic E-state index is 0.0248. The molecule has 4 heterocycles. The van der Waals surface area contributed by atoms with E-state index < -0.39 is 5.91 Å². The van der Waals surface area contributed by atoms with E-state index in [2.05, 4.69) is 30.7 Å². The van der Waals surface area contributed by atoms with Crippen molar-refractivity contribution in [2.45, 2.75) is 6.92 Å². The van der Waals surface area contributed by atoms with Crippen LogP contribution in [0.2, 0.25) is 0 Å². The Labute approximate surface area is 138 Å². The van der Waals surface area contributed by atoms with Gasteiger partial charge < -0.3 is 8.83 Å². The molecule has 4 aromatic heterocycles. The van der Waals surface area contributed by atoms with Crippen molar-refractivity contribution in [2.75, 3.05) is 5.32 Å². The summed E-state index contributed by atoms with van der Waals surface area (Å²) in [5.41, 5.74) is 1.34. The fourth-order valence-corrected chi connectivity index (χ4v) is 2.58. The maximum absolute atomic E-state index is 12.2. The van der Waals surface area contributed by atoms with Crippen LogP contribution in [0.25, 0.3) is 23.0 Å². The molecule has 24 heavy (non-hydrogen) atoms. The van der Waals surface area contributed by atoms with Gasteiger partial charge in [-0.15, -0.1) is 16.4 Å². The van der Waals surface area contributed by atoms with Crippen molar-refractivity contribution in [3.8, 4) is 23.0 Å². The Morgan fingerprint density at radius 1 is 1.38 bits per heavy atom. The van der Waals surface area contributed by atoms with Crippen LogP contribution in [0, 0.1) is 6.92 Å². The van der Waals surface area contributed by atoms with Gasteiger partial charge in [-0.3, -0.25) is 15.2 Å². The molecular weight excluding hydrogens is 332 g/mol. The first-order valence-corrected chi connectivity index (χ1v) is 7.73. The Bertz CT molecular complexity index is 984. The Morgan fingerprint density at radius 2 is 2.29 bits per heavy atom. The van der Waals surface area contributed by atoms with Gasteiger partial charge in [0.2, 0.25) is 0 Å². The molecule has 10 heteroatoms. The normalized spacial score (nSPS) is 10.9. The molecule has 2 N–H and O–H groups in total. The molecule has 0 fully saturated rings. The van der Waals surface area contributed by atoms with Gasteiger partial charge in [0, 0.05) is 11.4 Å². The average Bonchev–Trinajstić information content (AvgIpc) is 3.34. The second-order valence-electron chi connectivity index (χ2n) is 4.76. The van der Waals surface area contributed by atoms with E-state index >= 15 is 0 Å². The van der Waals surface area contributed by atoms with Crippen LogP contribution in [-0.4, -0.2) is 31.3 Å². The quantitative estimate of drug-likeness (QED) is 0.584. The van der Waals surface area contributed by atoms with Crippen LogP contribution < -0.4 is 5.32 Å². The zero-order chi connectivity index (χ0) is 16.5. The molecule has 0 saturated heterocycles. The number of aromatic amines is 1. The first-order chi connectivity index (χ1) is 11.7. The largest absolute Gasteiger partial charge is 0.463 e. The summed E-state index contributed by atoms with van der Waals surface area (Å²) < 4.78 is 10.6. The summed E-state index contributed by atoms with van der Waals surface area (Å²) in [4.78, 5) is 16.4. The van der Waals surface area contributed by atoms with Gasteiger partial charge in [-0.1, -0.05) is 5.10 Å². The summed E-state index contributed by atoms with van der Waals surface area (Å²) in [7, 11) is 0. The van der Waals surface area contributed by atoms with E-state index in [0.717, 1.165) is 5.01 Å². The highest BCUT2D eigenvalue weighted by atomic mass is 32.1. The van der Waals surface area contributed by atoms with Crippen molar-refractivity contribution in [1.82, 2.24) is 25.4 Å². The molecule has 4 rings (SSSR count). The van der Waals surface area contributed by atoms with Crippen molar-refractivity contribution in [1.29, 1.82) is 0 Å². The number of carbonyl (C=O) groups excluding carboxylic acids is 1. The van der Waals surface area contributed by atoms with Crippen molar-refractivity contribution in [2.24, 2.45) is 0 Å². The third-order valence-electron chi connectivity index (χ3n) is 3.08. The lowest BCUT2D eigenvalue weighted by atomic mass is 10.3. The fourth-order valence-electron chi connectivity index (χ4n) is 2.00. The molecule has 0 aliphatic carbocycles. The number of hydrogen-bond acceptors (Lipinski definition) is 8. The van der Waals surface area contributed by atoms with Crippen LogP contribution in [0.1, 0.15) is 15.5 Å². The number of hydrogen-bond donors (Lipinski definition) is 2. The molecule has 0 aliphatic heterocycles. The average molecular weight is 342 g/mol. The molecule has 0 aromatic carbocycles. The summed E-state index contributed by atoms with van der Waals surface area (Å²) in [5.74, 6) is 0.349. The van der Waals surface area contributed by atoms with Gasteiger partial charge in [0.15, 0.2) is 11.5 Å². The monoisotopic (exact) mass is 342 g/mol. The molecule has 0 atom stereocenters. The van der Waals surface area contributed by atoms with Gasteiger partial charge in [0.05, 0.1) is 11.3 Å². The summed E-state index contributed by atoms with van der Waals surface area (Å²) in [6.07, 6.45) is 1.54. The second kappa shape index (κ2) is 5.74. The fraction of sp³-hybridized carbons (Fsp3) is 0.0714. The maximum atomic E-state index is 12.2. The number of nitrogens with one attached hydrogen (secondary N) is 2. The number of aromatic nitrogens is 5. The molecule has 1 amide bonds. The lowest BCUT2D eigenvalue weighted by molar-refractivity contribution is 0.101. The molecule has 0 spiro atoms. The third-order valence-corrected chi connectivity index (χ3v) is 3.85. The summed E-state index contributed by atoms with van der Waals surface area (Å²) in [6, 6.07) is 5.05.